The van der Waals surface area contributed by atoms with Crippen LogP contribution in [0.3, 0.4) is 0 Å². The van der Waals surface area contributed by atoms with Gasteiger partial charge in [-0.2, -0.15) is 0 Å². The highest BCUT2D eigenvalue weighted by Gasteiger charge is 2.20. The largest absolute Gasteiger partial charge is 0.325 e. The third-order valence-electron chi connectivity index (χ3n) is 4.64. The van der Waals surface area contributed by atoms with E-state index in [-0.39, 0.29) is 11.2 Å². The minimum Gasteiger partial charge on any atom is -0.325 e. The van der Waals surface area contributed by atoms with Crippen LogP contribution in [0.2, 0.25) is 0 Å². The van der Waals surface area contributed by atoms with Gasteiger partial charge in [0.05, 0.1) is 5.25 Å². The van der Waals surface area contributed by atoms with Crippen LogP contribution in [0.5, 0.6) is 0 Å². The molecule has 1 N–H and O–H groups in total. The van der Waals surface area contributed by atoms with Gasteiger partial charge in [-0.15, -0.1) is 10.2 Å². The summed E-state index contributed by atoms with van der Waals surface area (Å²) in [5.74, 6) is 0.709. The Labute approximate surface area is 173 Å². The summed E-state index contributed by atoms with van der Waals surface area (Å²) in [6, 6.07) is 17.8. The maximum absolute atomic E-state index is 12.7. The molecular weight excluding hydrogens is 382 g/mol. The van der Waals surface area contributed by atoms with Gasteiger partial charge in [0, 0.05) is 30.2 Å². The molecule has 146 valence electrons. The van der Waals surface area contributed by atoms with Crippen molar-refractivity contribution in [2.75, 3.05) is 5.32 Å². The van der Waals surface area contributed by atoms with Gasteiger partial charge in [0.15, 0.2) is 11.0 Å². The summed E-state index contributed by atoms with van der Waals surface area (Å²) in [7, 11) is 0. The molecule has 0 saturated heterocycles. The van der Waals surface area contributed by atoms with Gasteiger partial charge in [-0.3, -0.25) is 9.78 Å². The molecule has 1 atom stereocenters. The summed E-state index contributed by atoms with van der Waals surface area (Å²) in [6.07, 6.45) is 3.47. The maximum Gasteiger partial charge on any atom is 0.237 e. The number of carbonyl (C=O) groups excluding carboxylic acids is 1. The third kappa shape index (κ3) is 4.14. The zero-order valence-electron chi connectivity index (χ0n) is 16.2. The summed E-state index contributed by atoms with van der Waals surface area (Å²) in [5, 5.41) is 14.3. The average Bonchev–Trinajstić information content (AvgIpc) is 3.16. The van der Waals surface area contributed by atoms with E-state index in [1.165, 1.54) is 11.8 Å². The van der Waals surface area contributed by atoms with Gasteiger partial charge >= 0.3 is 0 Å². The normalized spacial score (nSPS) is 12.1. The van der Waals surface area contributed by atoms with E-state index in [9.17, 15) is 4.79 Å². The number of fused-ring (bicyclic) bond motifs is 1. The quantitative estimate of drug-likeness (QED) is 0.475. The molecule has 0 fully saturated rings. The van der Waals surface area contributed by atoms with Crippen LogP contribution in [0.4, 0.5) is 5.69 Å². The second kappa shape index (κ2) is 8.45. The summed E-state index contributed by atoms with van der Waals surface area (Å²) in [5.41, 5.74) is 1.74. The molecule has 1 unspecified atom stereocenters. The standard InChI is InChI=1S/C22H21N5OS/c1-3-27-20(17-10-12-23-13-11-17)25-26-22(27)29-15(2)21(28)24-19-9-8-16-6-4-5-7-18(16)14-19/h4-15H,3H2,1-2H3,(H,24,28). The minimum absolute atomic E-state index is 0.0682. The van der Waals surface area contributed by atoms with Crippen molar-refractivity contribution in [1.82, 2.24) is 19.7 Å². The first-order chi connectivity index (χ1) is 14.2. The number of benzene rings is 2. The van der Waals surface area contributed by atoms with Crippen LogP contribution < -0.4 is 5.32 Å². The second-order valence-corrected chi connectivity index (χ2v) is 7.91. The Balaban J connectivity index is 1.49. The zero-order chi connectivity index (χ0) is 20.2. The number of anilines is 1. The Kier molecular flexibility index (Phi) is 5.57. The Hall–Kier alpha value is -3.19. The van der Waals surface area contributed by atoms with Crippen LogP contribution in [-0.4, -0.2) is 30.9 Å². The lowest BCUT2D eigenvalue weighted by Gasteiger charge is -2.13. The fourth-order valence-electron chi connectivity index (χ4n) is 3.10. The van der Waals surface area contributed by atoms with Crippen molar-refractivity contribution in [2.45, 2.75) is 30.8 Å². The van der Waals surface area contributed by atoms with Gasteiger partial charge in [0.1, 0.15) is 0 Å². The van der Waals surface area contributed by atoms with Crippen LogP contribution in [0.25, 0.3) is 22.2 Å². The molecule has 0 bridgehead atoms. The zero-order valence-corrected chi connectivity index (χ0v) is 17.1. The number of amides is 1. The van der Waals surface area contributed by atoms with Gasteiger partial charge in [0.25, 0.3) is 0 Å². The molecule has 7 heteroatoms. The van der Waals surface area contributed by atoms with Crippen LogP contribution >= 0.6 is 11.8 Å². The highest BCUT2D eigenvalue weighted by Crippen LogP contribution is 2.27. The lowest BCUT2D eigenvalue weighted by molar-refractivity contribution is -0.115. The summed E-state index contributed by atoms with van der Waals surface area (Å²) in [4.78, 5) is 16.8. The molecular formula is C22H21N5OS. The van der Waals surface area contributed by atoms with E-state index in [0.29, 0.717) is 6.54 Å². The summed E-state index contributed by atoms with van der Waals surface area (Å²) in [6.45, 7) is 4.63. The first kappa shape index (κ1) is 19.1. The third-order valence-corrected chi connectivity index (χ3v) is 5.72. The van der Waals surface area contributed by atoms with E-state index in [4.69, 9.17) is 0 Å². The van der Waals surface area contributed by atoms with Crippen molar-refractivity contribution in [2.24, 2.45) is 0 Å². The molecule has 6 nitrogen and oxygen atoms in total. The molecule has 2 heterocycles. The molecule has 1 amide bonds. The van der Waals surface area contributed by atoms with Crippen LogP contribution in [0, 0.1) is 0 Å². The van der Waals surface area contributed by atoms with Gasteiger partial charge < -0.3 is 9.88 Å². The van der Waals surface area contributed by atoms with E-state index in [1.54, 1.807) is 12.4 Å². The number of nitrogens with zero attached hydrogens (tertiary/aromatic N) is 4. The number of hydrogen-bond acceptors (Lipinski definition) is 5. The molecule has 4 rings (SSSR count). The number of rotatable bonds is 6. The fraction of sp³-hybridized carbons (Fsp3) is 0.182. The number of thioether (sulfide) groups is 1. The first-order valence-electron chi connectivity index (χ1n) is 9.45. The lowest BCUT2D eigenvalue weighted by atomic mass is 10.1. The molecule has 0 aliphatic carbocycles. The van der Waals surface area contributed by atoms with Gasteiger partial charge in [-0.1, -0.05) is 42.1 Å². The number of carbonyl (C=O) groups is 1. The fourth-order valence-corrected chi connectivity index (χ4v) is 4.01. The molecule has 0 aliphatic heterocycles. The van der Waals surface area contributed by atoms with Crippen LogP contribution in [-0.2, 0) is 11.3 Å². The summed E-state index contributed by atoms with van der Waals surface area (Å²) < 4.78 is 2.01. The summed E-state index contributed by atoms with van der Waals surface area (Å²) >= 11 is 1.40. The number of pyridine rings is 1. The smallest absolute Gasteiger partial charge is 0.237 e. The Bertz CT molecular complexity index is 1140. The first-order valence-corrected chi connectivity index (χ1v) is 10.3. The Morgan fingerprint density at radius 3 is 2.59 bits per heavy atom. The van der Waals surface area contributed by atoms with Crippen molar-refractivity contribution >= 4 is 34.1 Å². The van der Waals surface area contributed by atoms with E-state index >= 15 is 0 Å². The van der Waals surface area contributed by atoms with Crippen LogP contribution in [0.1, 0.15) is 13.8 Å². The second-order valence-electron chi connectivity index (χ2n) is 6.60. The van der Waals surface area contributed by atoms with E-state index in [0.717, 1.165) is 33.0 Å². The number of hydrogen-bond donors (Lipinski definition) is 1. The van der Waals surface area contributed by atoms with Crippen molar-refractivity contribution in [3.8, 4) is 11.4 Å². The molecule has 0 radical (unpaired) electrons. The van der Waals surface area contributed by atoms with Crippen molar-refractivity contribution in [3.05, 3.63) is 67.0 Å². The molecule has 2 aromatic heterocycles. The van der Waals surface area contributed by atoms with Crippen molar-refractivity contribution in [3.63, 3.8) is 0 Å². The van der Waals surface area contributed by atoms with E-state index in [1.807, 2.05) is 66.9 Å². The monoisotopic (exact) mass is 403 g/mol. The topological polar surface area (TPSA) is 72.7 Å². The van der Waals surface area contributed by atoms with Crippen molar-refractivity contribution in [1.29, 1.82) is 0 Å². The maximum atomic E-state index is 12.7. The molecule has 29 heavy (non-hydrogen) atoms. The van der Waals surface area contributed by atoms with Gasteiger partial charge in [-0.05, 0) is 48.9 Å². The predicted octanol–water partition coefficient (Wildman–Crippen LogP) is 4.63. The minimum atomic E-state index is -0.318. The van der Waals surface area contributed by atoms with E-state index in [2.05, 4.69) is 26.6 Å². The molecule has 0 aliphatic rings. The lowest BCUT2D eigenvalue weighted by Crippen LogP contribution is -2.23. The molecule has 2 aromatic carbocycles. The van der Waals surface area contributed by atoms with E-state index < -0.39 is 0 Å². The number of nitrogens with one attached hydrogen (secondary N) is 1. The van der Waals surface area contributed by atoms with Gasteiger partial charge in [-0.25, -0.2) is 0 Å². The Morgan fingerprint density at radius 1 is 1.07 bits per heavy atom. The average molecular weight is 404 g/mol. The molecule has 4 aromatic rings. The Morgan fingerprint density at radius 2 is 1.83 bits per heavy atom. The SMILES string of the molecule is CCn1c(SC(C)C(=O)Nc2ccc3ccccc3c2)nnc1-c1ccncc1. The highest BCUT2D eigenvalue weighted by molar-refractivity contribution is 8.00. The molecule has 0 spiro atoms. The predicted molar refractivity (Wildman–Crippen MR) is 117 cm³/mol. The van der Waals surface area contributed by atoms with Gasteiger partial charge in [0.2, 0.25) is 5.91 Å². The number of aromatic nitrogens is 4. The van der Waals surface area contributed by atoms with Crippen molar-refractivity contribution < 1.29 is 4.79 Å². The highest BCUT2D eigenvalue weighted by atomic mass is 32.2. The molecule has 0 saturated carbocycles. The van der Waals surface area contributed by atoms with Crippen LogP contribution in [0.15, 0.2) is 72.1 Å².